The minimum Gasteiger partial charge on any atom is -0.383 e. The zero-order valence-electron chi connectivity index (χ0n) is 7.89. The largest absolute Gasteiger partial charge is 0.383 e. The average molecular weight is 161 g/mol. The molecule has 1 atom stereocenters. The van der Waals surface area contributed by atoms with Gasteiger partial charge in [0.15, 0.2) is 0 Å². The van der Waals surface area contributed by atoms with Gasteiger partial charge in [0.1, 0.15) is 0 Å². The Hall–Kier alpha value is -0.120. The van der Waals surface area contributed by atoms with Crippen molar-refractivity contribution in [2.24, 2.45) is 5.73 Å². The van der Waals surface area contributed by atoms with Crippen LogP contribution in [0, 0.1) is 0 Å². The van der Waals surface area contributed by atoms with Crippen LogP contribution in [0.1, 0.15) is 20.8 Å². The molecule has 0 saturated heterocycles. The van der Waals surface area contributed by atoms with Crippen molar-refractivity contribution in [3.63, 3.8) is 0 Å². The van der Waals surface area contributed by atoms with Gasteiger partial charge < -0.3 is 15.2 Å². The fourth-order valence-corrected chi connectivity index (χ4v) is 0.859. The number of hydrogen-bond donors (Lipinski definition) is 1. The van der Waals surface area contributed by atoms with Crippen LogP contribution in [0.15, 0.2) is 0 Å². The molecule has 0 aliphatic carbocycles. The lowest BCUT2D eigenvalue weighted by Crippen LogP contribution is -2.48. The van der Waals surface area contributed by atoms with Crippen molar-refractivity contribution in [1.82, 2.24) is 0 Å². The molecule has 0 radical (unpaired) electrons. The van der Waals surface area contributed by atoms with Crippen LogP contribution in [-0.4, -0.2) is 32.0 Å². The maximum absolute atomic E-state index is 5.80. The van der Waals surface area contributed by atoms with Crippen molar-refractivity contribution in [1.29, 1.82) is 0 Å². The number of nitrogens with two attached hydrogens (primary N) is 1. The quantitative estimate of drug-likeness (QED) is 0.648. The highest BCUT2D eigenvalue weighted by Gasteiger charge is 2.26. The molecule has 1 unspecified atom stereocenters. The molecule has 0 aromatic carbocycles. The zero-order valence-corrected chi connectivity index (χ0v) is 7.89. The van der Waals surface area contributed by atoms with Crippen LogP contribution in [0.3, 0.4) is 0 Å². The Morgan fingerprint density at radius 1 is 1.45 bits per heavy atom. The molecule has 0 fully saturated rings. The molecular formula is C8H19NO2. The predicted octanol–water partition coefficient (Wildman–Crippen LogP) is 0.775. The Bertz CT molecular complexity index is 104. The van der Waals surface area contributed by atoms with Gasteiger partial charge in [-0.15, -0.1) is 0 Å². The molecule has 0 aromatic heterocycles. The molecule has 0 aliphatic rings. The molecule has 0 heterocycles. The Balaban J connectivity index is 3.83. The first-order chi connectivity index (χ1) is 5.04. The molecule has 11 heavy (non-hydrogen) atoms. The highest BCUT2D eigenvalue weighted by atomic mass is 16.5. The summed E-state index contributed by atoms with van der Waals surface area (Å²) >= 11 is 0. The van der Waals surface area contributed by atoms with Gasteiger partial charge in [-0.25, -0.2) is 0 Å². The van der Waals surface area contributed by atoms with Crippen molar-refractivity contribution in [3.8, 4) is 0 Å². The molecule has 0 rings (SSSR count). The van der Waals surface area contributed by atoms with Crippen LogP contribution in [0.4, 0.5) is 0 Å². The molecule has 0 bridgehead atoms. The first-order valence-electron chi connectivity index (χ1n) is 3.93. The van der Waals surface area contributed by atoms with Gasteiger partial charge >= 0.3 is 0 Å². The lowest BCUT2D eigenvalue weighted by Gasteiger charge is -2.30. The molecular weight excluding hydrogens is 142 g/mol. The van der Waals surface area contributed by atoms with E-state index in [1.807, 2.05) is 20.8 Å². The molecule has 0 aliphatic heterocycles. The standard InChI is InChI=1S/C8H19NO2/c1-5-11-8(2,3)7(9)6-10-4/h7H,5-6,9H2,1-4H3. The van der Waals surface area contributed by atoms with E-state index in [1.54, 1.807) is 7.11 Å². The lowest BCUT2D eigenvalue weighted by atomic mass is 10.0. The van der Waals surface area contributed by atoms with E-state index in [0.29, 0.717) is 13.2 Å². The summed E-state index contributed by atoms with van der Waals surface area (Å²) in [4.78, 5) is 0. The number of methoxy groups -OCH3 is 1. The summed E-state index contributed by atoms with van der Waals surface area (Å²) in [5, 5.41) is 0. The van der Waals surface area contributed by atoms with Gasteiger partial charge in [0, 0.05) is 13.7 Å². The third-order valence-corrected chi connectivity index (χ3v) is 1.76. The molecule has 0 spiro atoms. The summed E-state index contributed by atoms with van der Waals surface area (Å²) < 4.78 is 10.4. The normalized spacial score (nSPS) is 15.0. The monoisotopic (exact) mass is 161 g/mol. The van der Waals surface area contributed by atoms with Crippen molar-refractivity contribution in [2.75, 3.05) is 20.3 Å². The molecule has 0 saturated carbocycles. The topological polar surface area (TPSA) is 44.5 Å². The second-order valence-electron chi connectivity index (χ2n) is 3.10. The van der Waals surface area contributed by atoms with Crippen molar-refractivity contribution < 1.29 is 9.47 Å². The average Bonchev–Trinajstić information content (AvgIpc) is 1.88. The van der Waals surface area contributed by atoms with Crippen molar-refractivity contribution in [2.45, 2.75) is 32.4 Å². The van der Waals surface area contributed by atoms with Crippen molar-refractivity contribution >= 4 is 0 Å². The van der Waals surface area contributed by atoms with Crippen LogP contribution in [0.25, 0.3) is 0 Å². The van der Waals surface area contributed by atoms with Crippen LogP contribution in [-0.2, 0) is 9.47 Å². The smallest absolute Gasteiger partial charge is 0.0799 e. The minimum absolute atomic E-state index is 0.0625. The highest BCUT2D eigenvalue weighted by Crippen LogP contribution is 2.12. The predicted molar refractivity (Wildman–Crippen MR) is 45.6 cm³/mol. The van der Waals surface area contributed by atoms with Gasteiger partial charge in [-0.05, 0) is 20.8 Å². The van der Waals surface area contributed by atoms with E-state index in [0.717, 1.165) is 0 Å². The van der Waals surface area contributed by atoms with Crippen LogP contribution >= 0.6 is 0 Å². The van der Waals surface area contributed by atoms with E-state index in [-0.39, 0.29) is 11.6 Å². The van der Waals surface area contributed by atoms with Gasteiger partial charge in [-0.3, -0.25) is 0 Å². The maximum Gasteiger partial charge on any atom is 0.0799 e. The Kier molecular flexibility index (Phi) is 4.65. The third-order valence-electron chi connectivity index (χ3n) is 1.76. The highest BCUT2D eigenvalue weighted by molar-refractivity contribution is 4.82. The van der Waals surface area contributed by atoms with Crippen LogP contribution < -0.4 is 5.73 Å². The Morgan fingerprint density at radius 2 is 2.00 bits per heavy atom. The first kappa shape index (κ1) is 10.9. The zero-order chi connectivity index (χ0) is 8.91. The number of ether oxygens (including phenoxy) is 2. The SMILES string of the molecule is CCOC(C)(C)C(N)COC. The van der Waals surface area contributed by atoms with E-state index >= 15 is 0 Å². The molecule has 0 aromatic rings. The second-order valence-corrected chi connectivity index (χ2v) is 3.10. The molecule has 2 N–H and O–H groups in total. The maximum atomic E-state index is 5.80. The summed E-state index contributed by atoms with van der Waals surface area (Å²) in [5.41, 5.74) is 5.51. The van der Waals surface area contributed by atoms with Gasteiger partial charge in [0.05, 0.1) is 18.2 Å². The third kappa shape index (κ3) is 3.70. The molecule has 3 nitrogen and oxygen atoms in total. The second kappa shape index (κ2) is 4.70. The molecule has 68 valence electrons. The summed E-state index contributed by atoms with van der Waals surface area (Å²) in [6.45, 7) is 7.12. The van der Waals surface area contributed by atoms with E-state index in [4.69, 9.17) is 15.2 Å². The summed E-state index contributed by atoms with van der Waals surface area (Å²) in [6.07, 6.45) is 0. The van der Waals surface area contributed by atoms with E-state index in [2.05, 4.69) is 0 Å². The fraction of sp³-hybridized carbons (Fsp3) is 1.00. The minimum atomic E-state index is -0.287. The van der Waals surface area contributed by atoms with E-state index in [9.17, 15) is 0 Å². The molecule has 0 amide bonds. The Labute approximate surface area is 68.9 Å². The van der Waals surface area contributed by atoms with Crippen molar-refractivity contribution in [3.05, 3.63) is 0 Å². The van der Waals surface area contributed by atoms with Crippen LogP contribution in [0.5, 0.6) is 0 Å². The lowest BCUT2D eigenvalue weighted by molar-refractivity contribution is -0.0449. The van der Waals surface area contributed by atoms with Crippen LogP contribution in [0.2, 0.25) is 0 Å². The van der Waals surface area contributed by atoms with E-state index < -0.39 is 0 Å². The van der Waals surface area contributed by atoms with E-state index in [1.165, 1.54) is 0 Å². The molecule has 3 heteroatoms. The number of rotatable bonds is 5. The summed E-state index contributed by atoms with van der Waals surface area (Å²) in [7, 11) is 1.64. The van der Waals surface area contributed by atoms with Gasteiger partial charge in [-0.2, -0.15) is 0 Å². The summed E-state index contributed by atoms with van der Waals surface area (Å²) in [5.74, 6) is 0. The first-order valence-corrected chi connectivity index (χ1v) is 3.93. The number of hydrogen-bond acceptors (Lipinski definition) is 3. The van der Waals surface area contributed by atoms with Gasteiger partial charge in [-0.1, -0.05) is 0 Å². The fourth-order valence-electron chi connectivity index (χ4n) is 0.859. The van der Waals surface area contributed by atoms with Gasteiger partial charge in [0.25, 0.3) is 0 Å². The van der Waals surface area contributed by atoms with Gasteiger partial charge in [0.2, 0.25) is 0 Å². The summed E-state index contributed by atoms with van der Waals surface area (Å²) in [6, 6.07) is -0.0625. The Morgan fingerprint density at radius 3 is 2.36 bits per heavy atom.